The maximum absolute atomic E-state index is 12.4. The number of hydrogen-bond acceptors (Lipinski definition) is 6. The van der Waals surface area contributed by atoms with Gasteiger partial charge in [-0.15, -0.1) is 0 Å². The van der Waals surface area contributed by atoms with E-state index in [1.54, 1.807) is 0 Å². The van der Waals surface area contributed by atoms with Gasteiger partial charge in [0.1, 0.15) is 4.75 Å². The number of amides is 1. The van der Waals surface area contributed by atoms with E-state index in [1.807, 2.05) is 0 Å². The number of carbonyl (C=O) groups is 1. The predicted octanol–water partition coefficient (Wildman–Crippen LogP) is 3.04. The Morgan fingerprint density at radius 2 is 1.93 bits per heavy atom. The molecule has 7 nitrogen and oxygen atoms in total. The Hall–Kier alpha value is -1.62. The standard InChI is InChI=1S/C16H23F3N2O5S/c1-15(2,27(23,24)9-3-6-16(17,18)19)14(22)20-13-10-12(21-26-13)11-4-7-25-8-5-11/h10-11H,3-9H2,1-2H3,(H,20,22). The molecule has 27 heavy (non-hydrogen) atoms. The van der Waals surface area contributed by atoms with E-state index in [0.29, 0.717) is 18.9 Å². The normalized spacial score (nSPS) is 17.1. The Labute approximate surface area is 155 Å². The van der Waals surface area contributed by atoms with Crippen molar-refractivity contribution in [1.82, 2.24) is 5.16 Å². The zero-order valence-electron chi connectivity index (χ0n) is 15.1. The van der Waals surface area contributed by atoms with Crippen molar-refractivity contribution < 1.29 is 35.6 Å². The Bertz CT molecular complexity index is 752. The minimum Gasteiger partial charge on any atom is -0.381 e. The highest BCUT2D eigenvalue weighted by Crippen LogP contribution is 2.29. The Kier molecular flexibility index (Phi) is 6.56. The summed E-state index contributed by atoms with van der Waals surface area (Å²) >= 11 is 0. The number of aromatic nitrogens is 1. The van der Waals surface area contributed by atoms with Gasteiger partial charge in [-0.3, -0.25) is 10.1 Å². The van der Waals surface area contributed by atoms with Crippen molar-refractivity contribution in [3.8, 4) is 0 Å². The molecule has 1 aliphatic heterocycles. The molecule has 0 spiro atoms. The largest absolute Gasteiger partial charge is 0.389 e. The SMILES string of the molecule is CC(C)(C(=O)Nc1cc(C2CCOCC2)no1)S(=O)(=O)CCCC(F)(F)F. The van der Waals surface area contributed by atoms with Gasteiger partial charge in [0.2, 0.25) is 11.8 Å². The number of halogens is 3. The van der Waals surface area contributed by atoms with Gasteiger partial charge in [0, 0.05) is 31.6 Å². The molecule has 1 aromatic rings. The molecule has 1 fully saturated rings. The Balaban J connectivity index is 1.99. The van der Waals surface area contributed by atoms with E-state index in [0.717, 1.165) is 26.7 Å². The smallest absolute Gasteiger partial charge is 0.381 e. The topological polar surface area (TPSA) is 98.5 Å². The average Bonchev–Trinajstić information content (AvgIpc) is 3.02. The van der Waals surface area contributed by atoms with Crippen LogP contribution in [0.4, 0.5) is 19.1 Å². The van der Waals surface area contributed by atoms with Crippen LogP contribution in [0.3, 0.4) is 0 Å². The van der Waals surface area contributed by atoms with Gasteiger partial charge in [0.05, 0.1) is 11.4 Å². The molecule has 0 aliphatic carbocycles. The third kappa shape index (κ3) is 5.68. The van der Waals surface area contributed by atoms with Gasteiger partial charge in [-0.2, -0.15) is 13.2 Å². The molecule has 1 aromatic heterocycles. The number of nitrogens with zero attached hydrogens (tertiary/aromatic N) is 1. The molecule has 1 saturated heterocycles. The van der Waals surface area contributed by atoms with Crippen LogP contribution in [0.15, 0.2) is 10.6 Å². The lowest BCUT2D eigenvalue weighted by atomic mass is 9.97. The van der Waals surface area contributed by atoms with Gasteiger partial charge < -0.3 is 9.26 Å². The van der Waals surface area contributed by atoms with Gasteiger partial charge in [0.25, 0.3) is 0 Å². The summed E-state index contributed by atoms with van der Waals surface area (Å²) in [5.41, 5.74) is 0.638. The molecule has 0 bridgehead atoms. The van der Waals surface area contributed by atoms with E-state index in [9.17, 15) is 26.4 Å². The maximum atomic E-state index is 12.4. The lowest BCUT2D eigenvalue weighted by Gasteiger charge is -2.23. The molecule has 0 aromatic carbocycles. The van der Waals surface area contributed by atoms with E-state index in [4.69, 9.17) is 9.26 Å². The number of rotatable bonds is 7. The Morgan fingerprint density at radius 1 is 1.30 bits per heavy atom. The number of anilines is 1. The summed E-state index contributed by atoms with van der Waals surface area (Å²) in [6.07, 6.45) is -4.74. The van der Waals surface area contributed by atoms with Gasteiger partial charge in [0.15, 0.2) is 9.84 Å². The summed E-state index contributed by atoms with van der Waals surface area (Å²) in [4.78, 5) is 12.4. The van der Waals surface area contributed by atoms with Crippen LogP contribution in [-0.2, 0) is 19.4 Å². The third-order valence-corrected chi connectivity index (χ3v) is 7.17. The summed E-state index contributed by atoms with van der Waals surface area (Å²) in [5, 5.41) is 6.25. The van der Waals surface area contributed by atoms with Crippen molar-refractivity contribution in [2.45, 2.75) is 56.4 Å². The van der Waals surface area contributed by atoms with Crippen molar-refractivity contribution in [3.63, 3.8) is 0 Å². The number of nitrogens with one attached hydrogen (secondary N) is 1. The second kappa shape index (κ2) is 8.17. The molecular weight excluding hydrogens is 389 g/mol. The highest BCUT2D eigenvalue weighted by atomic mass is 32.2. The van der Waals surface area contributed by atoms with E-state index in [2.05, 4.69) is 10.5 Å². The number of carbonyl (C=O) groups excluding carboxylic acids is 1. The van der Waals surface area contributed by atoms with Crippen LogP contribution in [0.2, 0.25) is 0 Å². The fraction of sp³-hybridized carbons (Fsp3) is 0.750. The minimum absolute atomic E-state index is 0.0000540. The van der Waals surface area contributed by atoms with Crippen LogP contribution in [0, 0.1) is 0 Å². The Morgan fingerprint density at radius 3 is 2.52 bits per heavy atom. The molecule has 0 unspecified atom stereocenters. The van der Waals surface area contributed by atoms with Crippen LogP contribution in [0.1, 0.15) is 51.1 Å². The van der Waals surface area contributed by atoms with E-state index >= 15 is 0 Å². The summed E-state index contributed by atoms with van der Waals surface area (Å²) in [7, 11) is -4.11. The second-order valence-corrected chi connectivity index (χ2v) is 9.66. The number of ether oxygens (including phenoxy) is 1. The first-order valence-corrected chi connectivity index (χ1v) is 10.2. The molecule has 0 saturated carbocycles. The van der Waals surface area contributed by atoms with Crippen LogP contribution < -0.4 is 5.32 Å². The fourth-order valence-corrected chi connectivity index (χ4v) is 4.02. The lowest BCUT2D eigenvalue weighted by molar-refractivity contribution is -0.134. The van der Waals surface area contributed by atoms with E-state index in [-0.39, 0.29) is 11.8 Å². The molecule has 2 rings (SSSR count). The number of sulfone groups is 1. The maximum Gasteiger partial charge on any atom is 0.389 e. The highest BCUT2D eigenvalue weighted by molar-refractivity contribution is 7.93. The molecule has 11 heteroatoms. The summed E-state index contributed by atoms with van der Waals surface area (Å²) in [6.45, 7) is 3.51. The molecule has 0 atom stereocenters. The quantitative estimate of drug-likeness (QED) is 0.739. The van der Waals surface area contributed by atoms with E-state index < -0.39 is 45.3 Å². The summed E-state index contributed by atoms with van der Waals surface area (Å²) in [5.74, 6) is -1.49. The zero-order chi connectivity index (χ0) is 20.3. The first kappa shape index (κ1) is 21.7. The van der Waals surface area contributed by atoms with Gasteiger partial charge in [-0.05, 0) is 33.1 Å². The van der Waals surface area contributed by atoms with Crippen molar-refractivity contribution in [1.29, 1.82) is 0 Å². The van der Waals surface area contributed by atoms with Gasteiger partial charge >= 0.3 is 6.18 Å². The average molecular weight is 412 g/mol. The molecular formula is C16H23F3N2O5S. The summed E-state index contributed by atoms with van der Waals surface area (Å²) < 4.78 is 69.8. The first-order valence-electron chi connectivity index (χ1n) is 8.57. The molecule has 0 radical (unpaired) electrons. The lowest BCUT2D eigenvalue weighted by Crippen LogP contribution is -2.45. The van der Waals surface area contributed by atoms with Crippen LogP contribution in [0.5, 0.6) is 0 Å². The second-order valence-electron chi connectivity index (χ2n) is 7.00. The van der Waals surface area contributed by atoms with E-state index in [1.165, 1.54) is 6.07 Å². The van der Waals surface area contributed by atoms with Crippen LogP contribution >= 0.6 is 0 Å². The van der Waals surface area contributed by atoms with Gasteiger partial charge in [-0.1, -0.05) is 5.16 Å². The monoisotopic (exact) mass is 412 g/mol. The molecule has 1 aliphatic rings. The summed E-state index contributed by atoms with van der Waals surface area (Å²) in [6, 6.07) is 1.53. The predicted molar refractivity (Wildman–Crippen MR) is 91.1 cm³/mol. The van der Waals surface area contributed by atoms with Crippen LogP contribution in [0.25, 0.3) is 0 Å². The third-order valence-electron chi connectivity index (χ3n) is 4.60. The molecule has 2 heterocycles. The van der Waals surface area contributed by atoms with Crippen molar-refractivity contribution in [2.24, 2.45) is 0 Å². The molecule has 1 N–H and O–H groups in total. The number of hydrogen-bond donors (Lipinski definition) is 1. The molecule has 1 amide bonds. The fourth-order valence-electron chi connectivity index (χ4n) is 2.65. The molecule has 154 valence electrons. The minimum atomic E-state index is -4.44. The van der Waals surface area contributed by atoms with Crippen LogP contribution in [-0.4, -0.2) is 49.4 Å². The van der Waals surface area contributed by atoms with Crippen molar-refractivity contribution in [2.75, 3.05) is 24.3 Å². The highest BCUT2D eigenvalue weighted by Gasteiger charge is 2.42. The first-order chi connectivity index (χ1) is 12.4. The van der Waals surface area contributed by atoms with Crippen molar-refractivity contribution in [3.05, 3.63) is 11.8 Å². The zero-order valence-corrected chi connectivity index (χ0v) is 16.0. The van der Waals surface area contributed by atoms with Crippen molar-refractivity contribution >= 4 is 21.6 Å². The van der Waals surface area contributed by atoms with Gasteiger partial charge in [-0.25, -0.2) is 8.42 Å². The number of alkyl halides is 3.